The summed E-state index contributed by atoms with van der Waals surface area (Å²) in [6.07, 6.45) is -1.04. The van der Waals surface area contributed by atoms with Crippen LogP contribution in [-0.2, 0) is 11.0 Å². The Balaban J connectivity index is 1.71. The van der Waals surface area contributed by atoms with Crippen LogP contribution in [0.15, 0.2) is 18.3 Å². The second kappa shape index (κ2) is 4.89. The Hall–Kier alpha value is -1.79. The van der Waals surface area contributed by atoms with Crippen LogP contribution in [0.25, 0.3) is 0 Å². The molecule has 1 N–H and O–H groups in total. The van der Waals surface area contributed by atoms with Crippen molar-refractivity contribution < 1.29 is 18.0 Å². The molecule has 1 aromatic rings. The summed E-state index contributed by atoms with van der Waals surface area (Å²) < 4.78 is 38.2. The van der Waals surface area contributed by atoms with Gasteiger partial charge in [0.15, 0.2) is 0 Å². The maximum absolute atomic E-state index is 12.7. The molecule has 4 nitrogen and oxygen atoms in total. The summed E-state index contributed by atoms with van der Waals surface area (Å²) in [5.41, 5.74) is -0.694. The topological polar surface area (TPSA) is 45.2 Å². The van der Waals surface area contributed by atoms with Gasteiger partial charge in [-0.15, -0.1) is 0 Å². The van der Waals surface area contributed by atoms with Crippen molar-refractivity contribution in [2.45, 2.75) is 25.4 Å². The number of hydrogen-bond acceptors (Lipinski definition) is 3. The number of pyridine rings is 1. The number of nitrogens with one attached hydrogen (secondary N) is 1. The Labute approximate surface area is 120 Å². The summed E-state index contributed by atoms with van der Waals surface area (Å²) in [7, 11) is 0. The number of amides is 1. The third kappa shape index (κ3) is 2.82. The molecule has 0 unspecified atom stereocenters. The van der Waals surface area contributed by atoms with Crippen molar-refractivity contribution in [3.63, 3.8) is 0 Å². The quantitative estimate of drug-likeness (QED) is 0.865. The zero-order valence-corrected chi connectivity index (χ0v) is 11.4. The van der Waals surface area contributed by atoms with Gasteiger partial charge >= 0.3 is 6.18 Å². The summed E-state index contributed by atoms with van der Waals surface area (Å²) in [6.45, 7) is 1.93. The molecule has 2 fully saturated rings. The van der Waals surface area contributed by atoms with E-state index in [1.54, 1.807) is 0 Å². The van der Waals surface area contributed by atoms with E-state index < -0.39 is 11.7 Å². The Morgan fingerprint density at radius 2 is 2.00 bits per heavy atom. The highest BCUT2D eigenvalue weighted by atomic mass is 19.4. The summed E-state index contributed by atoms with van der Waals surface area (Å²) >= 11 is 0. The summed E-state index contributed by atoms with van der Waals surface area (Å²) in [5, 5.41) is 2.84. The van der Waals surface area contributed by atoms with Crippen LogP contribution < -0.4 is 10.2 Å². The standard InChI is InChI=1S/C14H16F3N3O/c15-14(16,17)10-1-4-18-11(7-10)20-5-2-13(3-6-20)8-12(21)19-9-13/h1,4,7H,2-3,5-6,8-9H2,(H,19,21). The second-order valence-corrected chi connectivity index (χ2v) is 5.84. The van der Waals surface area contributed by atoms with Gasteiger partial charge in [0.25, 0.3) is 0 Å². The molecular formula is C14H16F3N3O. The average Bonchev–Trinajstić information content (AvgIpc) is 2.80. The Kier molecular flexibility index (Phi) is 3.30. The van der Waals surface area contributed by atoms with Gasteiger partial charge in [-0.3, -0.25) is 4.79 Å². The molecule has 0 bridgehead atoms. The van der Waals surface area contributed by atoms with Crippen LogP contribution in [0.1, 0.15) is 24.8 Å². The van der Waals surface area contributed by atoms with E-state index in [9.17, 15) is 18.0 Å². The lowest BCUT2D eigenvalue weighted by Crippen LogP contribution is -2.41. The molecule has 3 heterocycles. The van der Waals surface area contributed by atoms with Gasteiger partial charge in [0.05, 0.1) is 5.56 Å². The monoisotopic (exact) mass is 299 g/mol. The Morgan fingerprint density at radius 1 is 1.29 bits per heavy atom. The van der Waals surface area contributed by atoms with Crippen molar-refractivity contribution >= 4 is 11.7 Å². The van der Waals surface area contributed by atoms with E-state index in [-0.39, 0.29) is 11.3 Å². The fourth-order valence-electron chi connectivity index (χ4n) is 3.08. The average molecular weight is 299 g/mol. The molecule has 2 aliphatic heterocycles. The second-order valence-electron chi connectivity index (χ2n) is 5.84. The first kappa shape index (κ1) is 14.2. The van der Waals surface area contributed by atoms with Gasteiger partial charge in [-0.2, -0.15) is 13.2 Å². The molecule has 7 heteroatoms. The molecule has 1 amide bonds. The van der Waals surface area contributed by atoms with Crippen LogP contribution >= 0.6 is 0 Å². The molecule has 0 atom stereocenters. The van der Waals surface area contributed by atoms with E-state index in [1.807, 2.05) is 4.90 Å². The molecule has 0 aliphatic carbocycles. The summed E-state index contributed by atoms with van der Waals surface area (Å²) in [6, 6.07) is 2.07. The number of carbonyl (C=O) groups excluding carboxylic acids is 1. The highest BCUT2D eigenvalue weighted by molar-refractivity contribution is 5.79. The minimum atomic E-state index is -4.35. The van der Waals surface area contributed by atoms with Gasteiger partial charge in [0, 0.05) is 32.3 Å². The van der Waals surface area contributed by atoms with Crippen molar-refractivity contribution in [1.29, 1.82) is 0 Å². The predicted molar refractivity (Wildman–Crippen MR) is 70.7 cm³/mol. The number of alkyl halides is 3. The molecule has 3 rings (SSSR count). The lowest BCUT2D eigenvalue weighted by molar-refractivity contribution is -0.137. The van der Waals surface area contributed by atoms with Crippen molar-refractivity contribution in [2.24, 2.45) is 5.41 Å². The van der Waals surface area contributed by atoms with Gasteiger partial charge in [0.2, 0.25) is 5.91 Å². The minimum absolute atomic E-state index is 0.0186. The van der Waals surface area contributed by atoms with Crippen LogP contribution in [0.5, 0.6) is 0 Å². The maximum Gasteiger partial charge on any atom is 0.416 e. The molecule has 21 heavy (non-hydrogen) atoms. The number of hydrogen-bond donors (Lipinski definition) is 1. The third-order valence-corrected chi connectivity index (χ3v) is 4.42. The molecular weight excluding hydrogens is 283 g/mol. The first-order valence-electron chi connectivity index (χ1n) is 6.93. The maximum atomic E-state index is 12.7. The van der Waals surface area contributed by atoms with Gasteiger partial charge in [-0.25, -0.2) is 4.98 Å². The van der Waals surface area contributed by atoms with E-state index in [2.05, 4.69) is 10.3 Å². The highest BCUT2D eigenvalue weighted by Crippen LogP contribution is 2.39. The SMILES string of the molecule is O=C1CC2(CCN(c3cc(C(F)(F)F)ccn3)CC2)CN1. The van der Waals surface area contributed by atoms with Crippen LogP contribution in [0.2, 0.25) is 0 Å². The zero-order valence-electron chi connectivity index (χ0n) is 11.4. The smallest absolute Gasteiger partial charge is 0.357 e. The largest absolute Gasteiger partial charge is 0.416 e. The van der Waals surface area contributed by atoms with Gasteiger partial charge < -0.3 is 10.2 Å². The van der Waals surface area contributed by atoms with E-state index in [0.29, 0.717) is 31.9 Å². The molecule has 2 saturated heterocycles. The van der Waals surface area contributed by atoms with E-state index in [0.717, 1.165) is 25.0 Å². The van der Waals surface area contributed by atoms with Gasteiger partial charge in [-0.1, -0.05) is 0 Å². The number of halogens is 3. The van der Waals surface area contributed by atoms with E-state index >= 15 is 0 Å². The molecule has 0 aromatic carbocycles. The van der Waals surface area contributed by atoms with Crippen LogP contribution in [-0.4, -0.2) is 30.5 Å². The molecule has 0 saturated carbocycles. The lowest BCUT2D eigenvalue weighted by atomic mass is 9.77. The first-order valence-corrected chi connectivity index (χ1v) is 6.93. The minimum Gasteiger partial charge on any atom is -0.357 e. The number of carbonyl (C=O) groups is 1. The highest BCUT2D eigenvalue weighted by Gasteiger charge is 2.41. The Bertz CT molecular complexity index is 551. The number of anilines is 1. The van der Waals surface area contributed by atoms with E-state index in [1.165, 1.54) is 6.20 Å². The predicted octanol–water partition coefficient (Wildman–Crippen LogP) is 2.21. The fourth-order valence-corrected chi connectivity index (χ4v) is 3.08. The van der Waals surface area contributed by atoms with Crippen molar-refractivity contribution in [2.75, 3.05) is 24.5 Å². The Morgan fingerprint density at radius 3 is 2.57 bits per heavy atom. The van der Waals surface area contributed by atoms with Crippen LogP contribution in [0.3, 0.4) is 0 Å². The number of nitrogens with zero attached hydrogens (tertiary/aromatic N) is 2. The lowest BCUT2D eigenvalue weighted by Gasteiger charge is -2.38. The summed E-state index contributed by atoms with van der Waals surface area (Å²) in [4.78, 5) is 17.3. The summed E-state index contributed by atoms with van der Waals surface area (Å²) in [5.74, 6) is 0.428. The van der Waals surface area contributed by atoms with Gasteiger partial charge in [0.1, 0.15) is 5.82 Å². The van der Waals surface area contributed by atoms with Crippen LogP contribution in [0.4, 0.5) is 19.0 Å². The zero-order chi connectivity index (χ0) is 15.1. The van der Waals surface area contributed by atoms with Crippen molar-refractivity contribution in [3.8, 4) is 0 Å². The molecule has 114 valence electrons. The van der Waals surface area contributed by atoms with Crippen LogP contribution in [0, 0.1) is 5.41 Å². The third-order valence-electron chi connectivity index (χ3n) is 4.42. The number of aromatic nitrogens is 1. The molecule has 1 spiro atoms. The van der Waals surface area contributed by atoms with E-state index in [4.69, 9.17) is 0 Å². The number of piperidine rings is 1. The fraction of sp³-hybridized carbons (Fsp3) is 0.571. The van der Waals surface area contributed by atoms with Crippen molar-refractivity contribution in [1.82, 2.24) is 10.3 Å². The molecule has 0 radical (unpaired) electrons. The first-order chi connectivity index (χ1) is 9.88. The normalized spacial score (nSPS) is 21.7. The van der Waals surface area contributed by atoms with Gasteiger partial charge in [-0.05, 0) is 30.4 Å². The molecule has 1 aromatic heterocycles. The number of rotatable bonds is 1. The van der Waals surface area contributed by atoms with Crippen molar-refractivity contribution in [3.05, 3.63) is 23.9 Å². The molecule has 2 aliphatic rings.